The molecule has 0 aliphatic rings. The van der Waals surface area contributed by atoms with Crippen molar-refractivity contribution in [1.29, 1.82) is 0 Å². The van der Waals surface area contributed by atoms with Crippen LogP contribution in [0.4, 0.5) is 0 Å². The van der Waals surface area contributed by atoms with Crippen LogP contribution in [0.25, 0.3) is 0 Å². The molecule has 17 heavy (non-hydrogen) atoms. The molecule has 0 spiro atoms. The first-order valence-electron chi connectivity index (χ1n) is 6.18. The number of carbonyl (C=O) groups is 2. The van der Waals surface area contributed by atoms with E-state index < -0.39 is 11.5 Å². The average molecular weight is 244 g/mol. The standard InChI is InChI=1S/C12H24N2O3/c1-4-12(5-2,11(16)17)14-10(15)8-6-7-9(3)13/h9H,4-8,13H2,1-3H3,(H,14,15)(H,16,17). The van der Waals surface area contributed by atoms with Gasteiger partial charge in [-0.2, -0.15) is 0 Å². The van der Waals surface area contributed by atoms with Gasteiger partial charge in [0.2, 0.25) is 5.91 Å². The molecule has 0 radical (unpaired) electrons. The first kappa shape index (κ1) is 15.9. The number of hydrogen-bond donors (Lipinski definition) is 3. The Labute approximate surface area is 103 Å². The molecule has 1 atom stereocenters. The van der Waals surface area contributed by atoms with Crippen molar-refractivity contribution in [3.63, 3.8) is 0 Å². The fourth-order valence-electron chi connectivity index (χ4n) is 1.70. The fourth-order valence-corrected chi connectivity index (χ4v) is 1.70. The molecule has 0 saturated heterocycles. The molecule has 0 bridgehead atoms. The van der Waals surface area contributed by atoms with Gasteiger partial charge in [0, 0.05) is 12.5 Å². The van der Waals surface area contributed by atoms with Gasteiger partial charge in [-0.1, -0.05) is 13.8 Å². The van der Waals surface area contributed by atoms with Gasteiger partial charge in [0.1, 0.15) is 5.54 Å². The molecule has 0 aromatic heterocycles. The molecule has 4 N–H and O–H groups in total. The Morgan fingerprint density at radius 3 is 2.24 bits per heavy atom. The topological polar surface area (TPSA) is 92.4 Å². The Morgan fingerprint density at radius 2 is 1.88 bits per heavy atom. The maximum absolute atomic E-state index is 11.6. The number of rotatable bonds is 8. The molecular formula is C12H24N2O3. The summed E-state index contributed by atoms with van der Waals surface area (Å²) in [6.45, 7) is 5.41. The molecule has 1 amide bonds. The monoisotopic (exact) mass is 244 g/mol. The van der Waals surface area contributed by atoms with Gasteiger partial charge in [0.25, 0.3) is 0 Å². The molecule has 100 valence electrons. The van der Waals surface area contributed by atoms with Gasteiger partial charge in [-0.25, -0.2) is 4.79 Å². The summed E-state index contributed by atoms with van der Waals surface area (Å²) in [4.78, 5) is 22.8. The minimum atomic E-state index is -1.12. The van der Waals surface area contributed by atoms with Gasteiger partial charge < -0.3 is 16.2 Å². The molecule has 0 aliphatic heterocycles. The minimum absolute atomic E-state index is 0.0735. The van der Waals surface area contributed by atoms with Crippen LogP contribution in [0.5, 0.6) is 0 Å². The lowest BCUT2D eigenvalue weighted by Gasteiger charge is -2.28. The van der Waals surface area contributed by atoms with E-state index in [4.69, 9.17) is 10.8 Å². The van der Waals surface area contributed by atoms with Crippen molar-refractivity contribution in [1.82, 2.24) is 5.32 Å². The number of amides is 1. The summed E-state index contributed by atoms with van der Waals surface area (Å²) in [5.41, 5.74) is 4.46. The van der Waals surface area contributed by atoms with Crippen molar-refractivity contribution in [2.24, 2.45) is 5.73 Å². The van der Waals surface area contributed by atoms with Gasteiger partial charge in [-0.3, -0.25) is 4.79 Å². The lowest BCUT2D eigenvalue weighted by Crippen LogP contribution is -2.53. The summed E-state index contributed by atoms with van der Waals surface area (Å²) < 4.78 is 0. The Balaban J connectivity index is 4.28. The normalized spacial score (nSPS) is 13.2. The van der Waals surface area contributed by atoms with Crippen molar-refractivity contribution in [2.75, 3.05) is 0 Å². The summed E-state index contributed by atoms with van der Waals surface area (Å²) in [6, 6.07) is 0.0735. The van der Waals surface area contributed by atoms with Crippen LogP contribution in [-0.4, -0.2) is 28.6 Å². The van der Waals surface area contributed by atoms with E-state index in [2.05, 4.69) is 5.32 Å². The van der Waals surface area contributed by atoms with E-state index in [9.17, 15) is 9.59 Å². The molecule has 0 aromatic rings. The Kier molecular flexibility index (Phi) is 6.80. The predicted molar refractivity (Wildman–Crippen MR) is 66.6 cm³/mol. The number of nitrogens with two attached hydrogens (primary N) is 1. The van der Waals surface area contributed by atoms with Gasteiger partial charge in [0.15, 0.2) is 0 Å². The number of carboxylic acid groups (broad SMARTS) is 1. The third-order valence-electron chi connectivity index (χ3n) is 3.06. The van der Waals surface area contributed by atoms with Crippen molar-refractivity contribution in [3.05, 3.63) is 0 Å². The molecule has 0 fully saturated rings. The van der Waals surface area contributed by atoms with Crippen molar-refractivity contribution in [2.45, 2.75) is 64.5 Å². The molecule has 0 heterocycles. The maximum Gasteiger partial charge on any atom is 0.329 e. The van der Waals surface area contributed by atoms with Crippen molar-refractivity contribution < 1.29 is 14.7 Å². The molecule has 1 unspecified atom stereocenters. The first-order valence-corrected chi connectivity index (χ1v) is 6.18. The van der Waals surface area contributed by atoms with Crippen molar-refractivity contribution >= 4 is 11.9 Å². The summed E-state index contributed by atoms with van der Waals surface area (Å²) in [6.07, 6.45) is 2.56. The zero-order valence-corrected chi connectivity index (χ0v) is 11.0. The number of aliphatic carboxylic acids is 1. The highest BCUT2D eigenvalue weighted by Crippen LogP contribution is 2.16. The zero-order valence-electron chi connectivity index (χ0n) is 11.0. The van der Waals surface area contributed by atoms with E-state index in [1.807, 2.05) is 6.92 Å². The number of hydrogen-bond acceptors (Lipinski definition) is 3. The molecule has 0 aliphatic carbocycles. The highest BCUT2D eigenvalue weighted by Gasteiger charge is 2.35. The van der Waals surface area contributed by atoms with E-state index in [0.717, 1.165) is 6.42 Å². The second-order valence-electron chi connectivity index (χ2n) is 4.51. The molecule has 5 nitrogen and oxygen atoms in total. The second kappa shape index (κ2) is 7.27. The van der Waals surface area contributed by atoms with E-state index in [0.29, 0.717) is 25.7 Å². The van der Waals surface area contributed by atoms with Crippen LogP contribution in [0.3, 0.4) is 0 Å². The molecule has 0 rings (SSSR count). The van der Waals surface area contributed by atoms with Crippen LogP contribution >= 0.6 is 0 Å². The highest BCUT2D eigenvalue weighted by molar-refractivity contribution is 5.86. The van der Waals surface area contributed by atoms with E-state index in [-0.39, 0.29) is 11.9 Å². The molecular weight excluding hydrogens is 220 g/mol. The predicted octanol–water partition coefficient (Wildman–Crippen LogP) is 1.26. The summed E-state index contributed by atoms with van der Waals surface area (Å²) in [7, 11) is 0. The van der Waals surface area contributed by atoms with Crippen molar-refractivity contribution in [3.8, 4) is 0 Å². The lowest BCUT2D eigenvalue weighted by atomic mass is 9.92. The van der Waals surface area contributed by atoms with Crippen LogP contribution < -0.4 is 11.1 Å². The number of carboxylic acids is 1. The molecule has 0 aromatic carbocycles. The summed E-state index contributed by atoms with van der Waals surface area (Å²) >= 11 is 0. The molecule has 5 heteroatoms. The average Bonchev–Trinajstić information content (AvgIpc) is 2.25. The SMILES string of the molecule is CCC(CC)(NC(=O)CCCC(C)N)C(=O)O. The number of carbonyl (C=O) groups excluding carboxylic acids is 1. The van der Waals surface area contributed by atoms with Gasteiger partial charge in [-0.15, -0.1) is 0 Å². The van der Waals surface area contributed by atoms with E-state index >= 15 is 0 Å². The van der Waals surface area contributed by atoms with E-state index in [1.54, 1.807) is 13.8 Å². The van der Waals surface area contributed by atoms with Crippen LogP contribution in [0.2, 0.25) is 0 Å². The van der Waals surface area contributed by atoms with Crippen LogP contribution in [0, 0.1) is 0 Å². The highest BCUT2D eigenvalue weighted by atomic mass is 16.4. The van der Waals surface area contributed by atoms with Gasteiger partial charge in [0.05, 0.1) is 0 Å². The quantitative estimate of drug-likeness (QED) is 0.599. The molecule has 0 saturated carbocycles. The number of nitrogens with one attached hydrogen (secondary N) is 1. The van der Waals surface area contributed by atoms with Crippen LogP contribution in [0.1, 0.15) is 52.9 Å². The Hall–Kier alpha value is -1.10. The van der Waals surface area contributed by atoms with Crippen LogP contribution in [0.15, 0.2) is 0 Å². The zero-order chi connectivity index (χ0) is 13.5. The maximum atomic E-state index is 11.6. The van der Waals surface area contributed by atoms with Gasteiger partial charge in [-0.05, 0) is 32.6 Å². The third kappa shape index (κ3) is 5.17. The van der Waals surface area contributed by atoms with Gasteiger partial charge >= 0.3 is 5.97 Å². The summed E-state index contributed by atoms with van der Waals surface area (Å²) in [5, 5.41) is 11.8. The smallest absolute Gasteiger partial charge is 0.329 e. The Bertz CT molecular complexity index is 260. The third-order valence-corrected chi connectivity index (χ3v) is 3.06. The van der Waals surface area contributed by atoms with E-state index in [1.165, 1.54) is 0 Å². The first-order chi connectivity index (χ1) is 7.88. The van der Waals surface area contributed by atoms with Crippen LogP contribution in [-0.2, 0) is 9.59 Å². The lowest BCUT2D eigenvalue weighted by molar-refractivity contribution is -0.148. The Morgan fingerprint density at radius 1 is 1.35 bits per heavy atom. The largest absolute Gasteiger partial charge is 0.480 e. The fraction of sp³-hybridized carbons (Fsp3) is 0.833. The minimum Gasteiger partial charge on any atom is -0.480 e. The second-order valence-corrected chi connectivity index (χ2v) is 4.51. The summed E-state index contributed by atoms with van der Waals surface area (Å²) in [5.74, 6) is -1.18.